The van der Waals surface area contributed by atoms with Crippen molar-refractivity contribution >= 4 is 23.3 Å². The second kappa shape index (κ2) is 6.85. The van der Waals surface area contributed by atoms with Gasteiger partial charge in [0.05, 0.1) is 11.4 Å². The van der Waals surface area contributed by atoms with Crippen LogP contribution in [0.5, 0.6) is 0 Å². The number of carbonyl (C=O) groups is 2. The van der Waals surface area contributed by atoms with Crippen molar-refractivity contribution in [3.63, 3.8) is 0 Å². The van der Waals surface area contributed by atoms with Crippen molar-refractivity contribution in [2.75, 3.05) is 39.3 Å². The summed E-state index contributed by atoms with van der Waals surface area (Å²) in [5.41, 5.74) is 3.70. The maximum atomic E-state index is 12.4. The third kappa shape index (κ3) is 3.83. The van der Waals surface area contributed by atoms with Gasteiger partial charge in [-0.2, -0.15) is 4.99 Å². The molecule has 0 amide bonds. The third-order valence-corrected chi connectivity index (χ3v) is 4.70. The zero-order valence-corrected chi connectivity index (χ0v) is 15.1. The van der Waals surface area contributed by atoms with Gasteiger partial charge in [0.2, 0.25) is 17.6 Å². The molecule has 0 N–H and O–H groups in total. The number of hydrogen-bond donors (Lipinski definition) is 0. The molecule has 0 aromatic heterocycles. The molecule has 5 rings (SSSR count). The predicted molar refractivity (Wildman–Crippen MR) is 98.8 cm³/mol. The van der Waals surface area contributed by atoms with E-state index >= 15 is 0 Å². The van der Waals surface area contributed by atoms with Gasteiger partial charge in [-0.15, -0.1) is 0 Å². The van der Waals surface area contributed by atoms with E-state index in [4.69, 9.17) is 0 Å². The third-order valence-electron chi connectivity index (χ3n) is 4.70. The number of aliphatic imine (C=N–C) groups is 1. The lowest BCUT2D eigenvalue weighted by Crippen LogP contribution is -2.29. The Balaban J connectivity index is 0.000000155. The second-order valence-corrected chi connectivity index (χ2v) is 6.92. The van der Waals surface area contributed by atoms with E-state index in [0.29, 0.717) is 22.8 Å². The highest BCUT2D eigenvalue weighted by Crippen LogP contribution is 2.33. The summed E-state index contributed by atoms with van der Waals surface area (Å²) >= 11 is 0. The zero-order valence-electron chi connectivity index (χ0n) is 15.1. The largest absolute Gasteiger partial charge is 0.365 e. The number of aryl methyl sites for hydroxylation is 1. The van der Waals surface area contributed by atoms with Crippen LogP contribution in [0.3, 0.4) is 0 Å². The highest BCUT2D eigenvalue weighted by atomic mass is 16.1. The summed E-state index contributed by atoms with van der Waals surface area (Å²) in [7, 11) is 0. The molecule has 0 atom stereocenters. The molecule has 7 nitrogen and oxygen atoms in total. The molecular formula is C20H20N4O3. The summed E-state index contributed by atoms with van der Waals surface area (Å²) in [5, 5.41) is 0. The van der Waals surface area contributed by atoms with Gasteiger partial charge in [0.25, 0.3) is 0 Å². The van der Waals surface area contributed by atoms with E-state index in [1.807, 2.05) is 33.8 Å². The van der Waals surface area contributed by atoms with Crippen molar-refractivity contribution in [2.24, 2.45) is 4.99 Å². The Kier molecular flexibility index (Phi) is 4.38. The van der Waals surface area contributed by atoms with Crippen molar-refractivity contribution < 1.29 is 14.4 Å². The molecule has 3 heterocycles. The second-order valence-electron chi connectivity index (χ2n) is 6.92. The average molecular weight is 364 g/mol. The van der Waals surface area contributed by atoms with E-state index in [1.165, 1.54) is 12.2 Å². The number of nitrogens with zero attached hydrogens (tertiary/aromatic N) is 4. The van der Waals surface area contributed by atoms with Crippen LogP contribution in [0.25, 0.3) is 0 Å². The SMILES string of the molecule is Cc1ccc(N=C=O)cc1.O=C1C=C(N2CC2)C(=O)C(N2CC2)=C1N1CC1. The van der Waals surface area contributed by atoms with Gasteiger partial charge in [-0.05, 0) is 19.1 Å². The van der Waals surface area contributed by atoms with Crippen LogP contribution in [-0.4, -0.2) is 71.6 Å². The van der Waals surface area contributed by atoms with Crippen molar-refractivity contribution in [1.29, 1.82) is 0 Å². The quantitative estimate of drug-likeness (QED) is 0.345. The first-order valence-electron chi connectivity index (χ1n) is 9.03. The molecule has 7 heteroatoms. The summed E-state index contributed by atoms with van der Waals surface area (Å²) in [5.74, 6) is 0.0485. The molecule has 1 aliphatic carbocycles. The van der Waals surface area contributed by atoms with Crippen LogP contribution in [-0.2, 0) is 14.4 Å². The average Bonchev–Trinajstić information content (AvgIpc) is 3.47. The minimum absolute atomic E-state index is 0.00546. The molecular weight excluding hydrogens is 344 g/mol. The molecule has 0 saturated carbocycles. The first-order chi connectivity index (χ1) is 13.1. The van der Waals surface area contributed by atoms with Crippen molar-refractivity contribution in [3.8, 4) is 0 Å². The number of hydrogen-bond acceptors (Lipinski definition) is 7. The maximum Gasteiger partial charge on any atom is 0.240 e. The minimum atomic E-state index is 0.00546. The molecule has 3 fully saturated rings. The standard InChI is InChI=1S/C12H13N3O2.C8H7NO/c16-9-7-8(13-1-2-13)12(17)11(15-5-6-15)10(9)14-3-4-14;1-7-2-4-8(5-3-7)9-6-10/h7H,1-6H2;2-5H,1H3. The van der Waals surface area contributed by atoms with E-state index in [1.54, 1.807) is 12.1 Å². The Hall–Kier alpha value is -3.18. The summed E-state index contributed by atoms with van der Waals surface area (Å²) in [6.07, 6.45) is 3.00. The number of carbonyl (C=O) groups excluding carboxylic acids is 3. The Bertz CT molecular complexity index is 898. The summed E-state index contributed by atoms with van der Waals surface area (Å²) < 4.78 is 0. The predicted octanol–water partition coefficient (Wildman–Crippen LogP) is 1.14. The number of benzene rings is 1. The molecule has 1 aromatic rings. The van der Waals surface area contributed by atoms with Gasteiger partial charge in [0.15, 0.2) is 0 Å². The lowest BCUT2D eigenvalue weighted by molar-refractivity contribution is -0.117. The van der Waals surface area contributed by atoms with Gasteiger partial charge >= 0.3 is 0 Å². The monoisotopic (exact) mass is 364 g/mol. The van der Waals surface area contributed by atoms with Gasteiger partial charge in [0, 0.05) is 45.3 Å². The minimum Gasteiger partial charge on any atom is -0.365 e. The molecule has 3 saturated heterocycles. The zero-order chi connectivity index (χ0) is 19.0. The normalized spacial score (nSPS) is 19.9. The lowest BCUT2D eigenvalue weighted by atomic mass is 10.0. The summed E-state index contributed by atoms with van der Waals surface area (Å²) in [6.45, 7) is 7.39. The summed E-state index contributed by atoms with van der Waals surface area (Å²) in [4.78, 5) is 43.7. The van der Waals surface area contributed by atoms with E-state index < -0.39 is 0 Å². The van der Waals surface area contributed by atoms with Gasteiger partial charge in [0.1, 0.15) is 11.4 Å². The van der Waals surface area contributed by atoms with E-state index in [0.717, 1.165) is 44.8 Å². The van der Waals surface area contributed by atoms with Crippen LogP contribution in [0, 0.1) is 6.92 Å². The molecule has 0 radical (unpaired) electrons. The first kappa shape index (κ1) is 17.2. The fourth-order valence-corrected chi connectivity index (χ4v) is 2.95. The molecule has 0 bridgehead atoms. The maximum absolute atomic E-state index is 12.4. The van der Waals surface area contributed by atoms with Gasteiger partial charge in [-0.1, -0.05) is 17.7 Å². The fourth-order valence-electron chi connectivity index (χ4n) is 2.95. The van der Waals surface area contributed by atoms with Gasteiger partial charge < -0.3 is 14.7 Å². The van der Waals surface area contributed by atoms with Crippen LogP contribution in [0.15, 0.2) is 52.4 Å². The highest BCUT2D eigenvalue weighted by molar-refractivity contribution is 6.22. The molecule has 0 unspecified atom stereocenters. The van der Waals surface area contributed by atoms with E-state index in [-0.39, 0.29) is 11.6 Å². The first-order valence-corrected chi connectivity index (χ1v) is 9.03. The Morgan fingerprint density at radius 1 is 0.852 bits per heavy atom. The smallest absolute Gasteiger partial charge is 0.240 e. The van der Waals surface area contributed by atoms with Crippen LogP contribution in [0.1, 0.15) is 5.56 Å². The number of isocyanates is 1. The van der Waals surface area contributed by atoms with Crippen molar-refractivity contribution in [3.05, 3.63) is 53.0 Å². The van der Waals surface area contributed by atoms with E-state index in [9.17, 15) is 14.4 Å². The molecule has 4 aliphatic rings. The summed E-state index contributed by atoms with van der Waals surface area (Å²) in [6, 6.07) is 7.35. The van der Waals surface area contributed by atoms with Crippen molar-refractivity contribution in [2.45, 2.75) is 6.92 Å². The van der Waals surface area contributed by atoms with Crippen LogP contribution in [0.2, 0.25) is 0 Å². The number of allylic oxidation sites excluding steroid dienone is 1. The molecule has 27 heavy (non-hydrogen) atoms. The number of rotatable bonds is 4. The Labute approximate surface area is 157 Å². The van der Waals surface area contributed by atoms with Gasteiger partial charge in [-0.25, -0.2) is 4.79 Å². The number of ketones is 2. The fraction of sp³-hybridized carbons (Fsp3) is 0.350. The Morgan fingerprint density at radius 3 is 1.93 bits per heavy atom. The molecule has 3 aliphatic heterocycles. The van der Waals surface area contributed by atoms with Crippen LogP contribution >= 0.6 is 0 Å². The molecule has 1 aromatic carbocycles. The van der Waals surface area contributed by atoms with Gasteiger partial charge in [-0.3, -0.25) is 9.59 Å². The van der Waals surface area contributed by atoms with Crippen LogP contribution < -0.4 is 0 Å². The topological polar surface area (TPSA) is 72.6 Å². The highest BCUT2D eigenvalue weighted by Gasteiger charge is 2.43. The van der Waals surface area contributed by atoms with Crippen molar-refractivity contribution in [1.82, 2.24) is 14.7 Å². The molecule has 0 spiro atoms. The molecule has 138 valence electrons. The van der Waals surface area contributed by atoms with Crippen LogP contribution in [0.4, 0.5) is 5.69 Å². The lowest BCUT2D eigenvalue weighted by Gasteiger charge is -2.21. The van der Waals surface area contributed by atoms with E-state index in [2.05, 4.69) is 4.99 Å². The Morgan fingerprint density at radius 2 is 1.41 bits per heavy atom. The number of Topliss-reactive ketones (excluding diaryl/α,β-unsaturated/α-hetero) is 1.